The van der Waals surface area contributed by atoms with Crippen LogP contribution in [0, 0.1) is 24.0 Å². The monoisotopic (exact) mass is 375 g/mol. The standard InChI is InChI=1S/C15H12F3NO5S/c1-9-3-6-14(13(7-9)19(20)21)24-25(22,23)11-5-4-10(2)12(8-11)15(16,17)18/h3-8H,1-2H3. The number of halogens is 3. The fourth-order valence-corrected chi connectivity index (χ4v) is 3.04. The maximum absolute atomic E-state index is 12.9. The van der Waals surface area contributed by atoms with Crippen LogP contribution in [0.1, 0.15) is 16.7 Å². The molecule has 2 aromatic carbocycles. The molecular weight excluding hydrogens is 363 g/mol. The van der Waals surface area contributed by atoms with E-state index in [1.54, 1.807) is 6.92 Å². The Morgan fingerprint density at radius 3 is 2.28 bits per heavy atom. The van der Waals surface area contributed by atoms with Crippen molar-refractivity contribution >= 4 is 15.8 Å². The van der Waals surface area contributed by atoms with E-state index < -0.39 is 43.1 Å². The Labute approximate surface area is 141 Å². The Balaban J connectivity index is 2.50. The summed E-state index contributed by atoms with van der Waals surface area (Å²) in [6.07, 6.45) is -4.74. The maximum atomic E-state index is 12.9. The summed E-state index contributed by atoms with van der Waals surface area (Å²) in [4.78, 5) is 9.42. The van der Waals surface area contributed by atoms with Gasteiger partial charge in [0.05, 0.1) is 10.5 Å². The summed E-state index contributed by atoms with van der Waals surface area (Å²) in [5.74, 6) is -0.579. The minimum absolute atomic E-state index is 0.159. The van der Waals surface area contributed by atoms with E-state index >= 15 is 0 Å². The van der Waals surface area contributed by atoms with Gasteiger partial charge in [-0.3, -0.25) is 10.1 Å². The van der Waals surface area contributed by atoms with Crippen molar-refractivity contribution in [3.8, 4) is 5.75 Å². The van der Waals surface area contributed by atoms with Crippen LogP contribution in [0.5, 0.6) is 5.75 Å². The summed E-state index contributed by atoms with van der Waals surface area (Å²) in [7, 11) is -4.69. The first-order chi connectivity index (χ1) is 11.4. The smallest absolute Gasteiger partial charge is 0.372 e. The van der Waals surface area contributed by atoms with Crippen LogP contribution < -0.4 is 4.18 Å². The van der Waals surface area contributed by atoms with E-state index in [2.05, 4.69) is 0 Å². The molecule has 0 aliphatic carbocycles. The van der Waals surface area contributed by atoms with E-state index in [0.717, 1.165) is 24.3 Å². The van der Waals surface area contributed by atoms with Crippen LogP contribution in [-0.4, -0.2) is 13.3 Å². The molecule has 0 fully saturated rings. The molecular formula is C15H12F3NO5S. The Morgan fingerprint density at radius 1 is 1.08 bits per heavy atom. The van der Waals surface area contributed by atoms with Gasteiger partial charge in [-0.15, -0.1) is 0 Å². The lowest BCUT2D eigenvalue weighted by Gasteiger charge is -2.13. The topological polar surface area (TPSA) is 86.5 Å². The molecule has 0 bridgehead atoms. The number of benzene rings is 2. The SMILES string of the molecule is Cc1ccc(OS(=O)(=O)c2ccc(C)c(C(F)(F)F)c2)c([N+](=O)[O-])c1. The second kappa shape index (κ2) is 6.36. The van der Waals surface area contributed by atoms with Crippen molar-refractivity contribution in [1.82, 2.24) is 0 Å². The summed E-state index contributed by atoms with van der Waals surface area (Å²) in [6, 6.07) is 5.92. The molecule has 0 radical (unpaired) electrons. The molecule has 0 heterocycles. The molecule has 134 valence electrons. The largest absolute Gasteiger partial charge is 0.416 e. The van der Waals surface area contributed by atoms with Crippen LogP contribution in [0.2, 0.25) is 0 Å². The van der Waals surface area contributed by atoms with Crippen LogP contribution >= 0.6 is 0 Å². The van der Waals surface area contributed by atoms with Gasteiger partial charge >= 0.3 is 22.0 Å². The van der Waals surface area contributed by atoms with Gasteiger partial charge in [0.25, 0.3) is 0 Å². The van der Waals surface area contributed by atoms with Crippen LogP contribution in [0.4, 0.5) is 18.9 Å². The molecule has 2 rings (SSSR count). The van der Waals surface area contributed by atoms with E-state index in [-0.39, 0.29) is 5.56 Å². The number of nitrogens with zero attached hydrogens (tertiary/aromatic N) is 1. The van der Waals surface area contributed by atoms with Gasteiger partial charge in [-0.05, 0) is 43.2 Å². The molecule has 0 atom stereocenters. The third-order valence-corrected chi connectivity index (χ3v) is 4.54. The number of nitro benzene ring substituents is 1. The molecule has 0 N–H and O–H groups in total. The number of aryl methyl sites for hydroxylation is 2. The van der Waals surface area contributed by atoms with Crippen molar-refractivity contribution in [1.29, 1.82) is 0 Å². The van der Waals surface area contributed by atoms with Crippen molar-refractivity contribution in [2.75, 3.05) is 0 Å². The summed E-state index contributed by atoms with van der Waals surface area (Å²) >= 11 is 0. The molecule has 10 heteroatoms. The fraction of sp³-hybridized carbons (Fsp3) is 0.200. The zero-order chi connectivity index (χ0) is 19.0. The highest BCUT2D eigenvalue weighted by Crippen LogP contribution is 2.35. The molecule has 25 heavy (non-hydrogen) atoms. The minimum Gasteiger partial charge on any atom is -0.372 e. The molecule has 0 amide bonds. The van der Waals surface area contributed by atoms with Crippen molar-refractivity contribution in [3.05, 3.63) is 63.2 Å². The molecule has 0 aliphatic rings. The predicted octanol–water partition coefficient (Wildman–Crippen LogP) is 4.00. The van der Waals surface area contributed by atoms with E-state index in [4.69, 9.17) is 4.18 Å². The van der Waals surface area contributed by atoms with E-state index in [0.29, 0.717) is 11.6 Å². The van der Waals surface area contributed by atoms with Gasteiger partial charge in [-0.1, -0.05) is 12.1 Å². The van der Waals surface area contributed by atoms with Gasteiger partial charge in [0.15, 0.2) is 0 Å². The van der Waals surface area contributed by atoms with Gasteiger partial charge in [0, 0.05) is 6.07 Å². The Bertz CT molecular complexity index is 939. The second-order valence-electron chi connectivity index (χ2n) is 5.24. The molecule has 0 saturated carbocycles. The predicted molar refractivity (Wildman–Crippen MR) is 81.8 cm³/mol. The number of hydrogen-bond acceptors (Lipinski definition) is 5. The highest BCUT2D eigenvalue weighted by molar-refractivity contribution is 7.87. The third kappa shape index (κ3) is 4.08. The minimum atomic E-state index is -4.74. The van der Waals surface area contributed by atoms with E-state index in [9.17, 15) is 31.7 Å². The Hall–Kier alpha value is -2.62. The highest BCUT2D eigenvalue weighted by atomic mass is 32.2. The Morgan fingerprint density at radius 2 is 1.72 bits per heavy atom. The molecule has 0 saturated heterocycles. The summed E-state index contributed by atoms with van der Waals surface area (Å²) in [5.41, 5.74) is -1.40. The average Bonchev–Trinajstić information content (AvgIpc) is 2.47. The van der Waals surface area contributed by atoms with Gasteiger partial charge in [0.1, 0.15) is 4.90 Å². The second-order valence-corrected chi connectivity index (χ2v) is 6.79. The summed E-state index contributed by atoms with van der Waals surface area (Å²) in [5, 5.41) is 11.0. The molecule has 2 aromatic rings. The number of hydrogen-bond donors (Lipinski definition) is 0. The lowest BCUT2D eigenvalue weighted by atomic mass is 10.1. The number of rotatable bonds is 4. The third-order valence-electron chi connectivity index (χ3n) is 3.31. The van der Waals surface area contributed by atoms with Gasteiger partial charge in [0.2, 0.25) is 5.75 Å². The van der Waals surface area contributed by atoms with Crippen molar-refractivity contribution in [2.24, 2.45) is 0 Å². The van der Waals surface area contributed by atoms with Crippen LogP contribution in [0.3, 0.4) is 0 Å². The number of alkyl halides is 3. The molecule has 0 aromatic heterocycles. The fourth-order valence-electron chi connectivity index (χ4n) is 2.07. The van der Waals surface area contributed by atoms with Gasteiger partial charge in [-0.2, -0.15) is 21.6 Å². The zero-order valence-corrected chi connectivity index (χ0v) is 13.8. The first kappa shape index (κ1) is 18.7. The van der Waals surface area contributed by atoms with Crippen molar-refractivity contribution in [3.63, 3.8) is 0 Å². The lowest BCUT2D eigenvalue weighted by molar-refractivity contribution is -0.385. The van der Waals surface area contributed by atoms with Crippen LogP contribution in [0.25, 0.3) is 0 Å². The molecule has 0 unspecified atom stereocenters. The summed E-state index contributed by atoms with van der Waals surface area (Å²) in [6.45, 7) is 2.74. The zero-order valence-electron chi connectivity index (χ0n) is 13.0. The molecule has 0 spiro atoms. The van der Waals surface area contributed by atoms with E-state index in [1.165, 1.54) is 13.0 Å². The highest BCUT2D eigenvalue weighted by Gasteiger charge is 2.34. The van der Waals surface area contributed by atoms with Crippen LogP contribution in [-0.2, 0) is 16.3 Å². The van der Waals surface area contributed by atoms with Crippen molar-refractivity contribution in [2.45, 2.75) is 24.9 Å². The quantitative estimate of drug-likeness (QED) is 0.458. The first-order valence-corrected chi connectivity index (χ1v) is 8.20. The average molecular weight is 375 g/mol. The summed E-state index contributed by atoms with van der Waals surface area (Å²) < 4.78 is 68.0. The molecule has 0 aliphatic heterocycles. The normalized spacial score (nSPS) is 12.0. The lowest BCUT2D eigenvalue weighted by Crippen LogP contribution is -2.14. The Kier molecular flexibility index (Phi) is 4.76. The maximum Gasteiger partial charge on any atom is 0.416 e. The van der Waals surface area contributed by atoms with Gasteiger partial charge < -0.3 is 4.18 Å². The van der Waals surface area contributed by atoms with Crippen LogP contribution in [0.15, 0.2) is 41.3 Å². The van der Waals surface area contributed by atoms with E-state index in [1.807, 2.05) is 0 Å². The molecule has 6 nitrogen and oxygen atoms in total. The number of nitro groups is 1. The first-order valence-electron chi connectivity index (χ1n) is 6.79. The van der Waals surface area contributed by atoms with Crippen molar-refractivity contribution < 1.29 is 30.7 Å². The van der Waals surface area contributed by atoms with Gasteiger partial charge in [-0.25, -0.2) is 0 Å².